The Morgan fingerprint density at radius 3 is 2.59 bits per heavy atom. The second kappa shape index (κ2) is 4.33. The molecule has 1 N–H and O–H groups in total. The van der Waals surface area contributed by atoms with Gasteiger partial charge in [0.2, 0.25) is 0 Å². The highest BCUT2D eigenvalue weighted by Gasteiger charge is 2.38. The van der Waals surface area contributed by atoms with E-state index >= 15 is 0 Å². The Morgan fingerprint density at radius 2 is 1.88 bits per heavy atom. The van der Waals surface area contributed by atoms with E-state index in [2.05, 4.69) is 4.98 Å². The molecule has 0 aliphatic heterocycles. The van der Waals surface area contributed by atoms with Crippen LogP contribution in [0, 0.1) is 0 Å². The Hall–Kier alpha value is -1.62. The Balaban J connectivity index is 2.36. The van der Waals surface area contributed by atoms with Crippen molar-refractivity contribution in [1.82, 2.24) is 4.98 Å². The summed E-state index contributed by atoms with van der Waals surface area (Å²) >= 11 is 0. The Labute approximate surface area is 95.7 Å². The molecular formula is C12H10F3NO. The van der Waals surface area contributed by atoms with Crippen LogP contribution in [-0.4, -0.2) is 22.4 Å². The highest BCUT2D eigenvalue weighted by Crippen LogP contribution is 2.25. The van der Waals surface area contributed by atoms with Crippen molar-refractivity contribution in [3.63, 3.8) is 0 Å². The van der Waals surface area contributed by atoms with Crippen molar-refractivity contribution in [3.05, 3.63) is 42.2 Å². The first kappa shape index (κ1) is 11.9. The molecule has 0 fully saturated rings. The second-order valence-corrected chi connectivity index (χ2v) is 3.74. The number of aliphatic hydroxyl groups is 1. The molecule has 1 aromatic heterocycles. The van der Waals surface area contributed by atoms with Crippen LogP contribution in [0.2, 0.25) is 0 Å². The van der Waals surface area contributed by atoms with Crippen molar-refractivity contribution in [1.29, 1.82) is 0 Å². The summed E-state index contributed by atoms with van der Waals surface area (Å²) in [5.74, 6) is 0. The number of benzene rings is 1. The number of rotatable bonds is 2. The first-order valence-electron chi connectivity index (χ1n) is 5.06. The summed E-state index contributed by atoms with van der Waals surface area (Å²) in [6.07, 6.45) is -6.06. The number of nitrogens with zero attached hydrogens (tertiary/aromatic N) is 1. The van der Waals surface area contributed by atoms with Crippen LogP contribution in [0.5, 0.6) is 0 Å². The summed E-state index contributed by atoms with van der Waals surface area (Å²) in [5, 5.41) is 10.5. The summed E-state index contributed by atoms with van der Waals surface area (Å²) in [4.78, 5) is 3.90. The molecule has 17 heavy (non-hydrogen) atoms. The van der Waals surface area contributed by atoms with Gasteiger partial charge in [-0.05, 0) is 11.5 Å². The van der Waals surface area contributed by atoms with Crippen molar-refractivity contribution in [2.24, 2.45) is 0 Å². The zero-order chi connectivity index (χ0) is 12.5. The number of alkyl halides is 3. The summed E-state index contributed by atoms with van der Waals surface area (Å²) in [7, 11) is 0. The molecule has 0 radical (unpaired) electrons. The number of halogens is 3. The molecule has 0 saturated carbocycles. The molecule has 0 saturated heterocycles. The van der Waals surface area contributed by atoms with Gasteiger partial charge in [0.1, 0.15) is 0 Å². The average molecular weight is 241 g/mol. The number of pyridine rings is 1. The van der Waals surface area contributed by atoms with E-state index < -0.39 is 18.7 Å². The van der Waals surface area contributed by atoms with E-state index in [4.69, 9.17) is 5.11 Å². The summed E-state index contributed by atoms with van der Waals surface area (Å²) in [6.45, 7) is 0. The zero-order valence-electron chi connectivity index (χ0n) is 8.78. The van der Waals surface area contributed by atoms with Gasteiger partial charge in [0.05, 0.1) is 5.69 Å². The minimum absolute atomic E-state index is 0.257. The molecular weight excluding hydrogens is 231 g/mol. The van der Waals surface area contributed by atoms with Crippen molar-refractivity contribution >= 4 is 10.8 Å². The SMILES string of the molecule is O[C@H](Cc1nccc2ccccc12)C(F)(F)F. The third kappa shape index (κ3) is 2.55. The van der Waals surface area contributed by atoms with Gasteiger partial charge in [0.15, 0.2) is 6.10 Å². The van der Waals surface area contributed by atoms with E-state index in [0.29, 0.717) is 5.39 Å². The van der Waals surface area contributed by atoms with Crippen LogP contribution in [-0.2, 0) is 6.42 Å². The maximum atomic E-state index is 12.3. The fraction of sp³-hybridized carbons (Fsp3) is 0.250. The molecule has 2 nitrogen and oxygen atoms in total. The maximum Gasteiger partial charge on any atom is 0.414 e. The molecule has 1 aromatic carbocycles. The monoisotopic (exact) mass is 241 g/mol. The van der Waals surface area contributed by atoms with Crippen LogP contribution >= 0.6 is 0 Å². The quantitative estimate of drug-likeness (QED) is 0.876. The lowest BCUT2D eigenvalue weighted by atomic mass is 10.1. The number of hydrogen-bond donors (Lipinski definition) is 1. The van der Waals surface area contributed by atoms with E-state index in [1.165, 1.54) is 6.20 Å². The molecule has 0 bridgehead atoms. The summed E-state index contributed by atoms with van der Waals surface area (Å²) in [5.41, 5.74) is 0.257. The topological polar surface area (TPSA) is 33.1 Å². The van der Waals surface area contributed by atoms with Gasteiger partial charge >= 0.3 is 6.18 Å². The molecule has 1 heterocycles. The van der Waals surface area contributed by atoms with E-state index in [1.807, 2.05) is 0 Å². The lowest BCUT2D eigenvalue weighted by Crippen LogP contribution is -2.30. The molecule has 2 rings (SSSR count). The van der Waals surface area contributed by atoms with Gasteiger partial charge in [-0.3, -0.25) is 4.98 Å². The maximum absolute atomic E-state index is 12.3. The number of aliphatic hydroxyl groups excluding tert-OH is 1. The molecule has 1 atom stereocenters. The van der Waals surface area contributed by atoms with Crippen molar-refractivity contribution in [2.75, 3.05) is 0 Å². The van der Waals surface area contributed by atoms with Crippen LogP contribution in [0.1, 0.15) is 5.69 Å². The highest BCUT2D eigenvalue weighted by molar-refractivity contribution is 5.84. The van der Waals surface area contributed by atoms with Gasteiger partial charge in [-0.1, -0.05) is 24.3 Å². The Bertz CT molecular complexity index is 519. The highest BCUT2D eigenvalue weighted by atomic mass is 19.4. The fourth-order valence-corrected chi connectivity index (χ4v) is 1.64. The van der Waals surface area contributed by atoms with E-state index in [0.717, 1.165) is 5.39 Å². The third-order valence-electron chi connectivity index (χ3n) is 2.52. The number of hydrogen-bond acceptors (Lipinski definition) is 2. The van der Waals surface area contributed by atoms with Gasteiger partial charge in [-0.2, -0.15) is 13.2 Å². The van der Waals surface area contributed by atoms with Gasteiger partial charge in [-0.25, -0.2) is 0 Å². The molecule has 0 spiro atoms. The smallest absolute Gasteiger partial charge is 0.383 e. The first-order chi connectivity index (χ1) is 7.98. The zero-order valence-corrected chi connectivity index (χ0v) is 8.78. The molecule has 90 valence electrons. The van der Waals surface area contributed by atoms with E-state index in [1.54, 1.807) is 30.3 Å². The number of aromatic nitrogens is 1. The van der Waals surface area contributed by atoms with Gasteiger partial charge in [0, 0.05) is 18.0 Å². The van der Waals surface area contributed by atoms with Crippen LogP contribution in [0.3, 0.4) is 0 Å². The van der Waals surface area contributed by atoms with Crippen molar-refractivity contribution in [3.8, 4) is 0 Å². The van der Waals surface area contributed by atoms with Crippen molar-refractivity contribution in [2.45, 2.75) is 18.7 Å². The lowest BCUT2D eigenvalue weighted by molar-refractivity contribution is -0.203. The minimum atomic E-state index is -4.61. The van der Waals surface area contributed by atoms with Gasteiger partial charge in [-0.15, -0.1) is 0 Å². The molecule has 0 aliphatic carbocycles. The first-order valence-corrected chi connectivity index (χ1v) is 5.06. The van der Waals surface area contributed by atoms with Crippen LogP contribution in [0.4, 0.5) is 13.2 Å². The van der Waals surface area contributed by atoms with Crippen molar-refractivity contribution < 1.29 is 18.3 Å². The lowest BCUT2D eigenvalue weighted by Gasteiger charge is -2.14. The van der Waals surface area contributed by atoms with Crippen LogP contribution in [0.15, 0.2) is 36.5 Å². The molecule has 2 aromatic rings. The molecule has 0 aliphatic rings. The molecule has 0 unspecified atom stereocenters. The normalized spacial score (nSPS) is 13.9. The Morgan fingerprint density at radius 1 is 1.18 bits per heavy atom. The molecule has 0 amide bonds. The van der Waals surface area contributed by atoms with E-state index in [9.17, 15) is 13.2 Å². The average Bonchev–Trinajstić information content (AvgIpc) is 2.28. The second-order valence-electron chi connectivity index (χ2n) is 3.74. The summed E-state index contributed by atoms with van der Waals surface area (Å²) < 4.78 is 36.8. The van der Waals surface area contributed by atoms with Crippen LogP contribution < -0.4 is 0 Å². The third-order valence-corrected chi connectivity index (χ3v) is 2.52. The fourth-order valence-electron chi connectivity index (χ4n) is 1.64. The number of fused-ring (bicyclic) bond motifs is 1. The minimum Gasteiger partial charge on any atom is -0.383 e. The largest absolute Gasteiger partial charge is 0.414 e. The van der Waals surface area contributed by atoms with Crippen LogP contribution in [0.25, 0.3) is 10.8 Å². The van der Waals surface area contributed by atoms with Gasteiger partial charge in [0.25, 0.3) is 0 Å². The van der Waals surface area contributed by atoms with Gasteiger partial charge < -0.3 is 5.11 Å². The molecule has 5 heteroatoms. The Kier molecular flexibility index (Phi) is 3.02. The predicted octanol–water partition coefficient (Wildman–Crippen LogP) is 2.70. The summed E-state index contributed by atoms with van der Waals surface area (Å²) in [6, 6.07) is 8.74. The predicted molar refractivity (Wildman–Crippen MR) is 57.5 cm³/mol. The standard InChI is InChI=1S/C12H10F3NO/c13-12(14,15)11(17)7-10-9-4-2-1-3-8(9)5-6-16-10/h1-6,11,17H,7H2/t11-/m1/s1. The van der Waals surface area contributed by atoms with E-state index in [-0.39, 0.29) is 5.69 Å².